The second-order valence-corrected chi connectivity index (χ2v) is 5.84. The largest absolute Gasteiger partial charge is 0.0683 e. The van der Waals surface area contributed by atoms with Gasteiger partial charge >= 0.3 is 0 Å². The maximum Gasteiger partial charge on any atom is -0.0307 e. The van der Waals surface area contributed by atoms with Gasteiger partial charge in [0.25, 0.3) is 0 Å². The predicted molar refractivity (Wildman–Crippen MR) is 119 cm³/mol. The van der Waals surface area contributed by atoms with Gasteiger partial charge < -0.3 is 0 Å². The predicted octanol–water partition coefficient (Wildman–Crippen LogP) is 7.83. The number of benzene rings is 3. The highest BCUT2D eigenvalue weighted by Crippen LogP contribution is 2.03. The summed E-state index contributed by atoms with van der Waals surface area (Å²) in [6, 6.07) is 29.2. The average Bonchev–Trinajstić information content (AvgIpc) is 2.72. The fourth-order valence-corrected chi connectivity index (χ4v) is 2.25. The van der Waals surface area contributed by atoms with Gasteiger partial charge in [0.2, 0.25) is 0 Å². The highest BCUT2D eigenvalue weighted by molar-refractivity contribution is 5.22. The van der Waals surface area contributed by atoms with Crippen LogP contribution in [0.1, 0.15) is 49.9 Å². The van der Waals surface area contributed by atoms with Crippen LogP contribution in [0.5, 0.6) is 0 Å². The maximum absolute atomic E-state index is 2.22. The van der Waals surface area contributed by atoms with Gasteiger partial charge in [-0.25, -0.2) is 0 Å². The van der Waals surface area contributed by atoms with Gasteiger partial charge in [-0.15, -0.1) is 0 Å². The van der Waals surface area contributed by atoms with Gasteiger partial charge in [0.1, 0.15) is 0 Å². The van der Waals surface area contributed by atoms with Crippen LogP contribution in [0.4, 0.5) is 0 Å². The molecule has 0 nitrogen and oxygen atoms in total. The zero-order valence-electron chi connectivity index (χ0n) is 17.5. The van der Waals surface area contributed by atoms with E-state index in [1.165, 1.54) is 22.3 Å². The highest BCUT2D eigenvalue weighted by Gasteiger charge is 1.86. The minimum absolute atomic E-state index is 1.14. The van der Waals surface area contributed by atoms with Crippen molar-refractivity contribution < 1.29 is 0 Å². The van der Waals surface area contributed by atoms with Crippen molar-refractivity contribution in [3.8, 4) is 0 Å². The second-order valence-electron chi connectivity index (χ2n) is 5.84. The molecule has 0 aromatic heterocycles. The van der Waals surface area contributed by atoms with E-state index in [-0.39, 0.29) is 0 Å². The van der Waals surface area contributed by atoms with Crippen molar-refractivity contribution in [2.75, 3.05) is 0 Å². The molecule has 0 fully saturated rings. The molecule has 3 aromatic carbocycles. The van der Waals surface area contributed by atoms with E-state index >= 15 is 0 Å². The first-order chi connectivity index (χ1) is 12.7. The zero-order valence-corrected chi connectivity index (χ0v) is 17.5. The van der Waals surface area contributed by atoms with Crippen molar-refractivity contribution in [2.45, 2.75) is 54.4 Å². The average molecular weight is 349 g/mol. The van der Waals surface area contributed by atoms with Crippen molar-refractivity contribution in [1.82, 2.24) is 0 Å². The van der Waals surface area contributed by atoms with Crippen molar-refractivity contribution in [2.24, 2.45) is 0 Å². The van der Waals surface area contributed by atoms with Crippen LogP contribution in [0, 0.1) is 13.8 Å². The van der Waals surface area contributed by atoms with Gasteiger partial charge in [0.05, 0.1) is 0 Å². The molecule has 0 spiro atoms. The lowest BCUT2D eigenvalue weighted by molar-refractivity contribution is 1.13. The van der Waals surface area contributed by atoms with E-state index in [0.717, 1.165) is 12.8 Å². The quantitative estimate of drug-likeness (QED) is 0.442. The Morgan fingerprint density at radius 3 is 1.00 bits per heavy atom. The normalized spacial score (nSPS) is 8.69. The molecule has 0 aliphatic rings. The number of aryl methyl sites for hydroxylation is 4. The molecular weight excluding hydrogens is 312 g/mol. The summed E-state index contributed by atoms with van der Waals surface area (Å²) in [5.74, 6) is 0. The van der Waals surface area contributed by atoms with E-state index in [2.05, 4.69) is 76.2 Å². The third-order valence-corrected chi connectivity index (χ3v) is 3.65. The van der Waals surface area contributed by atoms with Crippen molar-refractivity contribution in [1.29, 1.82) is 0 Å². The molecule has 140 valence electrons. The topological polar surface area (TPSA) is 0 Å². The van der Waals surface area contributed by atoms with Gasteiger partial charge in [-0.3, -0.25) is 0 Å². The highest BCUT2D eigenvalue weighted by atomic mass is 13.9. The molecule has 0 radical (unpaired) electrons. The molecule has 0 heterocycles. The number of rotatable bonds is 2. The Kier molecular flexibility index (Phi) is 14.7. The molecule has 0 atom stereocenters. The van der Waals surface area contributed by atoms with E-state index in [0.29, 0.717) is 0 Å². The second kappa shape index (κ2) is 16.1. The van der Waals surface area contributed by atoms with Gasteiger partial charge in [0, 0.05) is 0 Å². The Balaban J connectivity index is 0.000000350. The SMILES string of the molecule is CC.CCc1cccc(C)c1.CCc1cccc(C)c1.c1ccccc1. The van der Waals surface area contributed by atoms with E-state index in [1.54, 1.807) is 0 Å². The fraction of sp³-hybridized carbons (Fsp3) is 0.308. The van der Waals surface area contributed by atoms with Crippen LogP contribution in [0.2, 0.25) is 0 Å². The molecule has 0 aliphatic carbocycles. The molecule has 0 unspecified atom stereocenters. The van der Waals surface area contributed by atoms with E-state index in [1.807, 2.05) is 50.2 Å². The lowest BCUT2D eigenvalue weighted by Crippen LogP contribution is -1.78. The van der Waals surface area contributed by atoms with Crippen LogP contribution < -0.4 is 0 Å². The molecule has 0 bridgehead atoms. The minimum atomic E-state index is 1.14. The van der Waals surface area contributed by atoms with E-state index in [4.69, 9.17) is 0 Å². The van der Waals surface area contributed by atoms with Crippen LogP contribution in [0.25, 0.3) is 0 Å². The Bertz CT molecular complexity index is 596. The molecule has 26 heavy (non-hydrogen) atoms. The summed E-state index contributed by atoms with van der Waals surface area (Å²) in [4.78, 5) is 0. The molecule has 0 N–H and O–H groups in total. The molecule has 0 amide bonds. The van der Waals surface area contributed by atoms with Crippen molar-refractivity contribution in [3.63, 3.8) is 0 Å². The summed E-state index contributed by atoms with van der Waals surface area (Å²) in [6.45, 7) is 12.6. The third kappa shape index (κ3) is 12.1. The molecule has 0 saturated carbocycles. The Morgan fingerprint density at radius 1 is 0.500 bits per heavy atom. The molecule has 0 heteroatoms. The Labute approximate surface area is 161 Å². The zero-order chi connectivity index (χ0) is 19.6. The van der Waals surface area contributed by atoms with E-state index < -0.39 is 0 Å². The standard InChI is InChI=1S/2C9H12.C6H6.C2H6/c2*1-3-9-6-4-5-8(2)7-9;1-2-4-6-5-3-1;1-2/h2*4-7H,3H2,1-2H3;1-6H;1-2H3. The lowest BCUT2D eigenvalue weighted by atomic mass is 10.1. The Morgan fingerprint density at radius 2 is 0.808 bits per heavy atom. The summed E-state index contributed by atoms with van der Waals surface area (Å²) < 4.78 is 0. The summed E-state index contributed by atoms with van der Waals surface area (Å²) in [7, 11) is 0. The van der Waals surface area contributed by atoms with Gasteiger partial charge in [-0.2, -0.15) is 0 Å². The van der Waals surface area contributed by atoms with Crippen LogP contribution in [0.15, 0.2) is 84.9 Å². The summed E-state index contributed by atoms with van der Waals surface area (Å²) in [6.07, 6.45) is 2.28. The summed E-state index contributed by atoms with van der Waals surface area (Å²) in [5, 5.41) is 0. The van der Waals surface area contributed by atoms with Gasteiger partial charge in [-0.1, -0.05) is 124 Å². The van der Waals surface area contributed by atoms with Gasteiger partial charge in [-0.05, 0) is 37.8 Å². The first-order valence-electron chi connectivity index (χ1n) is 9.76. The first-order valence-corrected chi connectivity index (χ1v) is 9.76. The van der Waals surface area contributed by atoms with Crippen molar-refractivity contribution >= 4 is 0 Å². The molecule has 3 rings (SSSR count). The minimum Gasteiger partial charge on any atom is -0.0683 e. The molecular formula is C26H36. The van der Waals surface area contributed by atoms with E-state index in [9.17, 15) is 0 Å². The molecule has 0 aliphatic heterocycles. The van der Waals surface area contributed by atoms with Crippen LogP contribution >= 0.6 is 0 Å². The maximum atomic E-state index is 2.22. The van der Waals surface area contributed by atoms with Crippen LogP contribution in [0.3, 0.4) is 0 Å². The lowest BCUT2D eigenvalue weighted by Gasteiger charge is -1.95. The van der Waals surface area contributed by atoms with Crippen LogP contribution in [-0.4, -0.2) is 0 Å². The summed E-state index contributed by atoms with van der Waals surface area (Å²) in [5.41, 5.74) is 5.56. The monoisotopic (exact) mass is 348 g/mol. The summed E-state index contributed by atoms with van der Waals surface area (Å²) >= 11 is 0. The van der Waals surface area contributed by atoms with Crippen molar-refractivity contribution in [3.05, 3.63) is 107 Å². The smallest absolute Gasteiger partial charge is 0.0307 e. The number of hydrogen-bond acceptors (Lipinski definition) is 0. The Hall–Kier alpha value is -2.34. The molecule has 0 saturated heterocycles. The molecule has 3 aromatic rings. The van der Waals surface area contributed by atoms with Gasteiger partial charge in [0.15, 0.2) is 0 Å². The first kappa shape index (κ1) is 23.7. The fourth-order valence-electron chi connectivity index (χ4n) is 2.25. The number of hydrogen-bond donors (Lipinski definition) is 0. The third-order valence-electron chi connectivity index (χ3n) is 3.65. The van der Waals surface area contributed by atoms with Crippen LogP contribution in [-0.2, 0) is 12.8 Å².